The second kappa shape index (κ2) is 7.44. The molecule has 0 aromatic heterocycles. The maximum Gasteiger partial charge on any atom is 0.141 e. The zero-order valence-electron chi connectivity index (χ0n) is 13.4. The average molecular weight is 310 g/mol. The third kappa shape index (κ3) is 4.00. The number of rotatable bonds is 5. The van der Waals surface area contributed by atoms with Crippen molar-refractivity contribution in [3.63, 3.8) is 0 Å². The van der Waals surface area contributed by atoms with Crippen LogP contribution in [0.1, 0.15) is 16.7 Å². The van der Waals surface area contributed by atoms with Crippen molar-refractivity contribution >= 4 is 5.78 Å². The molecule has 1 heteroatoms. The van der Waals surface area contributed by atoms with Gasteiger partial charge in [-0.25, -0.2) is 0 Å². The van der Waals surface area contributed by atoms with Crippen molar-refractivity contribution in [2.45, 2.75) is 12.8 Å². The zero-order chi connectivity index (χ0) is 16.8. The molecule has 0 heterocycles. The summed E-state index contributed by atoms with van der Waals surface area (Å²) in [5.74, 6) is 2.79. The van der Waals surface area contributed by atoms with Crippen molar-refractivity contribution in [2.24, 2.45) is 0 Å². The maximum atomic E-state index is 12.3. The molecule has 0 amide bonds. The van der Waals surface area contributed by atoms with Gasteiger partial charge >= 0.3 is 0 Å². The molecule has 0 unspecified atom stereocenters. The molecule has 0 N–H and O–H groups in total. The lowest BCUT2D eigenvalue weighted by atomic mass is 9.99. The van der Waals surface area contributed by atoms with E-state index in [0.29, 0.717) is 12.8 Å². The van der Waals surface area contributed by atoms with Crippen molar-refractivity contribution in [3.8, 4) is 23.5 Å². The number of ketones is 1. The minimum absolute atomic E-state index is 0.205. The molecule has 0 radical (unpaired) electrons. The fraction of sp³-hybridized carbons (Fsp3) is 0.0870. The Balaban J connectivity index is 1.63. The smallest absolute Gasteiger partial charge is 0.141 e. The number of terminal acetylenes is 1. The molecule has 0 aliphatic rings. The Morgan fingerprint density at radius 1 is 0.708 bits per heavy atom. The van der Waals surface area contributed by atoms with Gasteiger partial charge in [0.2, 0.25) is 0 Å². The van der Waals surface area contributed by atoms with Gasteiger partial charge in [-0.2, -0.15) is 0 Å². The van der Waals surface area contributed by atoms with Crippen LogP contribution in [0.3, 0.4) is 0 Å². The number of benzene rings is 3. The standard InChI is InChI=1S/C23H18O/c1-2-18-8-10-19(11-9-18)16-23(24)17-20-12-14-22(15-13-20)21-6-4-3-5-7-21/h1,3-15H,16-17H2. The van der Waals surface area contributed by atoms with Crippen LogP contribution in [0, 0.1) is 12.3 Å². The molecule has 0 atom stereocenters. The third-order valence-corrected chi connectivity index (χ3v) is 3.98. The van der Waals surface area contributed by atoms with Crippen LogP contribution in [0.2, 0.25) is 0 Å². The van der Waals surface area contributed by atoms with Gasteiger partial charge in [0, 0.05) is 18.4 Å². The largest absolute Gasteiger partial charge is 0.299 e. The van der Waals surface area contributed by atoms with Crippen molar-refractivity contribution in [3.05, 3.63) is 95.6 Å². The van der Waals surface area contributed by atoms with Gasteiger partial charge in [0.05, 0.1) is 0 Å². The molecule has 0 bridgehead atoms. The number of carbonyl (C=O) groups is 1. The SMILES string of the molecule is C#Cc1ccc(CC(=O)Cc2ccc(-c3ccccc3)cc2)cc1. The van der Waals surface area contributed by atoms with Crippen LogP contribution in [0.25, 0.3) is 11.1 Å². The number of hydrogen-bond donors (Lipinski definition) is 0. The molecule has 0 aliphatic carbocycles. The van der Waals surface area contributed by atoms with Crippen LogP contribution in [0.5, 0.6) is 0 Å². The fourth-order valence-corrected chi connectivity index (χ4v) is 2.68. The molecular formula is C23H18O. The highest BCUT2D eigenvalue weighted by molar-refractivity contribution is 5.83. The molecule has 0 aliphatic heterocycles. The minimum atomic E-state index is 0.205. The summed E-state index contributed by atoms with van der Waals surface area (Å²) in [4.78, 5) is 12.3. The second-order valence-electron chi connectivity index (χ2n) is 5.80. The van der Waals surface area contributed by atoms with Crippen molar-refractivity contribution in [1.82, 2.24) is 0 Å². The molecule has 3 aromatic carbocycles. The lowest BCUT2D eigenvalue weighted by Crippen LogP contribution is -2.06. The van der Waals surface area contributed by atoms with E-state index in [0.717, 1.165) is 22.3 Å². The zero-order valence-corrected chi connectivity index (χ0v) is 13.4. The highest BCUT2D eigenvalue weighted by Gasteiger charge is 2.06. The van der Waals surface area contributed by atoms with Crippen molar-refractivity contribution < 1.29 is 4.79 Å². The summed E-state index contributed by atoms with van der Waals surface area (Å²) >= 11 is 0. The van der Waals surface area contributed by atoms with E-state index < -0.39 is 0 Å². The Morgan fingerprint density at radius 2 is 1.21 bits per heavy atom. The summed E-state index contributed by atoms with van der Waals surface area (Å²) in [7, 11) is 0. The van der Waals surface area contributed by atoms with Crippen LogP contribution in [-0.4, -0.2) is 5.78 Å². The Kier molecular flexibility index (Phi) is 4.89. The number of hydrogen-bond acceptors (Lipinski definition) is 1. The van der Waals surface area contributed by atoms with Crippen LogP contribution in [0.4, 0.5) is 0 Å². The number of Topliss-reactive ketones (excluding diaryl/α,β-unsaturated/α-hetero) is 1. The summed E-state index contributed by atoms with van der Waals surface area (Å²) < 4.78 is 0. The maximum absolute atomic E-state index is 12.3. The minimum Gasteiger partial charge on any atom is -0.299 e. The molecule has 116 valence electrons. The van der Waals surface area contributed by atoms with Crippen LogP contribution in [-0.2, 0) is 17.6 Å². The van der Waals surface area contributed by atoms with Crippen molar-refractivity contribution in [2.75, 3.05) is 0 Å². The first-order valence-electron chi connectivity index (χ1n) is 7.96. The monoisotopic (exact) mass is 310 g/mol. The molecule has 0 spiro atoms. The quantitative estimate of drug-likeness (QED) is 0.625. The van der Waals surface area contributed by atoms with Crippen LogP contribution in [0.15, 0.2) is 78.9 Å². The van der Waals surface area contributed by atoms with Gasteiger partial charge in [0.1, 0.15) is 5.78 Å². The van der Waals surface area contributed by atoms with E-state index in [-0.39, 0.29) is 5.78 Å². The normalized spacial score (nSPS) is 10.1. The first-order valence-corrected chi connectivity index (χ1v) is 7.96. The fourth-order valence-electron chi connectivity index (χ4n) is 2.68. The molecule has 1 nitrogen and oxygen atoms in total. The molecule has 0 saturated carbocycles. The van der Waals surface area contributed by atoms with Gasteiger partial charge in [-0.3, -0.25) is 4.79 Å². The van der Waals surface area contributed by atoms with E-state index in [1.165, 1.54) is 5.56 Å². The molecule has 3 rings (SSSR count). The summed E-state index contributed by atoms with van der Waals surface area (Å²) in [6.07, 6.45) is 6.23. The van der Waals surface area contributed by atoms with Gasteiger partial charge < -0.3 is 0 Å². The topological polar surface area (TPSA) is 17.1 Å². The van der Waals surface area contributed by atoms with Gasteiger partial charge in [0.25, 0.3) is 0 Å². The van der Waals surface area contributed by atoms with E-state index >= 15 is 0 Å². The van der Waals surface area contributed by atoms with E-state index in [1.807, 2.05) is 54.6 Å². The average Bonchev–Trinajstić information content (AvgIpc) is 2.64. The predicted octanol–water partition coefficient (Wildman–Crippen LogP) is 4.69. The van der Waals surface area contributed by atoms with E-state index in [2.05, 4.69) is 30.2 Å². The molecule has 24 heavy (non-hydrogen) atoms. The van der Waals surface area contributed by atoms with Gasteiger partial charge in [-0.05, 0) is 34.4 Å². The second-order valence-corrected chi connectivity index (χ2v) is 5.80. The van der Waals surface area contributed by atoms with E-state index in [1.54, 1.807) is 0 Å². The predicted molar refractivity (Wildman–Crippen MR) is 98.7 cm³/mol. The highest BCUT2D eigenvalue weighted by atomic mass is 16.1. The summed E-state index contributed by atoms with van der Waals surface area (Å²) in [5.41, 5.74) is 5.23. The lowest BCUT2D eigenvalue weighted by molar-refractivity contribution is -0.117. The first kappa shape index (κ1) is 15.8. The van der Waals surface area contributed by atoms with Crippen LogP contribution >= 0.6 is 0 Å². The Labute approximate surface area is 143 Å². The molecule has 3 aromatic rings. The van der Waals surface area contributed by atoms with E-state index in [4.69, 9.17) is 6.42 Å². The van der Waals surface area contributed by atoms with Gasteiger partial charge in [-0.1, -0.05) is 72.7 Å². The first-order chi connectivity index (χ1) is 11.7. The Morgan fingerprint density at radius 3 is 1.75 bits per heavy atom. The van der Waals surface area contributed by atoms with Crippen LogP contribution < -0.4 is 0 Å². The lowest BCUT2D eigenvalue weighted by Gasteiger charge is -2.05. The molecule has 0 fully saturated rings. The number of carbonyl (C=O) groups excluding carboxylic acids is 1. The van der Waals surface area contributed by atoms with Crippen molar-refractivity contribution in [1.29, 1.82) is 0 Å². The highest BCUT2D eigenvalue weighted by Crippen LogP contribution is 2.19. The summed E-state index contributed by atoms with van der Waals surface area (Å²) in [6, 6.07) is 26.0. The Bertz CT molecular complexity index is 851. The summed E-state index contributed by atoms with van der Waals surface area (Å²) in [5, 5.41) is 0. The third-order valence-electron chi connectivity index (χ3n) is 3.98. The molecular weight excluding hydrogens is 292 g/mol. The Hall–Kier alpha value is -3.11. The van der Waals surface area contributed by atoms with E-state index in [9.17, 15) is 4.79 Å². The summed E-state index contributed by atoms with van der Waals surface area (Å²) in [6.45, 7) is 0. The molecule has 0 saturated heterocycles. The van der Waals surface area contributed by atoms with Gasteiger partial charge in [0.15, 0.2) is 0 Å². The van der Waals surface area contributed by atoms with Gasteiger partial charge in [-0.15, -0.1) is 6.42 Å².